The molecule has 1 saturated carbocycles. The van der Waals surface area contributed by atoms with Gasteiger partial charge in [-0.15, -0.1) is 0 Å². The predicted octanol–water partition coefficient (Wildman–Crippen LogP) is 5.38. The van der Waals surface area contributed by atoms with Crippen molar-refractivity contribution in [1.29, 1.82) is 0 Å². The lowest BCUT2D eigenvalue weighted by Crippen LogP contribution is -2.41. The van der Waals surface area contributed by atoms with Crippen molar-refractivity contribution in [3.8, 4) is 11.5 Å². The van der Waals surface area contributed by atoms with Gasteiger partial charge in [0.15, 0.2) is 17.8 Å². The number of carbonyl (C=O) groups is 1. The summed E-state index contributed by atoms with van der Waals surface area (Å²) in [4.78, 5) is 16.2. The number of methoxy groups -OCH3 is 1. The van der Waals surface area contributed by atoms with Crippen LogP contribution in [0.15, 0.2) is 60.8 Å². The SMILES string of the molecule is COc1cc(C2CN(C)C2)ccc1OCc1ccc(C2CC2)cc1.Cc1ccnc(C=O)c1. The molecule has 0 unspecified atom stereocenters. The lowest BCUT2D eigenvalue weighted by atomic mass is 9.92. The molecule has 1 aliphatic heterocycles. The second-order valence-corrected chi connectivity index (χ2v) is 9.01. The molecule has 0 bridgehead atoms. The Morgan fingerprint density at radius 3 is 2.27 bits per heavy atom. The molecule has 2 fully saturated rings. The normalized spacial score (nSPS) is 15.7. The van der Waals surface area contributed by atoms with Gasteiger partial charge in [0.2, 0.25) is 0 Å². The third-order valence-corrected chi connectivity index (χ3v) is 6.20. The first kappa shape index (κ1) is 23.0. The lowest BCUT2D eigenvalue weighted by molar-refractivity contribution is 0.111. The van der Waals surface area contributed by atoms with Gasteiger partial charge in [-0.2, -0.15) is 0 Å². The van der Waals surface area contributed by atoms with Gasteiger partial charge in [-0.3, -0.25) is 9.78 Å². The number of aromatic nitrogens is 1. The van der Waals surface area contributed by atoms with Gasteiger partial charge in [0, 0.05) is 25.2 Å². The molecule has 0 amide bonds. The van der Waals surface area contributed by atoms with E-state index in [1.54, 1.807) is 19.4 Å². The minimum absolute atomic E-state index is 0.495. The van der Waals surface area contributed by atoms with Crippen LogP contribution in [-0.2, 0) is 6.61 Å². The largest absolute Gasteiger partial charge is 0.493 e. The highest BCUT2D eigenvalue weighted by molar-refractivity contribution is 5.71. The molecule has 5 heteroatoms. The topological polar surface area (TPSA) is 51.7 Å². The molecule has 33 heavy (non-hydrogen) atoms. The summed E-state index contributed by atoms with van der Waals surface area (Å²) in [6.07, 6.45) is 5.05. The van der Waals surface area contributed by atoms with Gasteiger partial charge in [0.05, 0.1) is 7.11 Å². The maximum absolute atomic E-state index is 10.1. The van der Waals surface area contributed by atoms with Gasteiger partial charge in [-0.25, -0.2) is 0 Å². The molecule has 0 radical (unpaired) electrons. The van der Waals surface area contributed by atoms with Crippen LogP contribution in [-0.4, -0.2) is 43.4 Å². The van der Waals surface area contributed by atoms with E-state index in [-0.39, 0.29) is 0 Å². The molecule has 1 aromatic heterocycles. The molecule has 5 nitrogen and oxygen atoms in total. The summed E-state index contributed by atoms with van der Waals surface area (Å²) in [5.41, 5.74) is 5.56. The Kier molecular flexibility index (Phi) is 7.40. The number of nitrogens with zero attached hydrogens (tertiary/aromatic N) is 2. The van der Waals surface area contributed by atoms with Crippen LogP contribution in [0.2, 0.25) is 0 Å². The Balaban J connectivity index is 0.000000243. The number of likely N-dealkylation sites (tertiary alicyclic amines) is 1. The fourth-order valence-electron chi connectivity index (χ4n) is 4.05. The zero-order valence-electron chi connectivity index (χ0n) is 19.7. The van der Waals surface area contributed by atoms with E-state index in [0.29, 0.717) is 18.2 Å². The molecule has 2 heterocycles. The monoisotopic (exact) mass is 444 g/mol. The molecule has 3 aromatic rings. The molecule has 2 aromatic carbocycles. The highest BCUT2D eigenvalue weighted by atomic mass is 16.5. The highest BCUT2D eigenvalue weighted by Crippen LogP contribution is 2.40. The second-order valence-electron chi connectivity index (χ2n) is 9.01. The quantitative estimate of drug-likeness (QED) is 0.458. The molecule has 1 saturated heterocycles. The van der Waals surface area contributed by atoms with E-state index >= 15 is 0 Å². The number of hydrogen-bond acceptors (Lipinski definition) is 5. The van der Waals surface area contributed by atoms with Crippen molar-refractivity contribution >= 4 is 6.29 Å². The Morgan fingerprint density at radius 1 is 0.970 bits per heavy atom. The Bertz CT molecular complexity index is 1070. The fourth-order valence-corrected chi connectivity index (χ4v) is 4.05. The molecule has 5 rings (SSSR count). The van der Waals surface area contributed by atoms with E-state index in [1.807, 2.05) is 19.1 Å². The van der Waals surface area contributed by atoms with Crippen molar-refractivity contribution in [2.45, 2.75) is 38.2 Å². The minimum Gasteiger partial charge on any atom is -0.493 e. The maximum atomic E-state index is 10.1. The van der Waals surface area contributed by atoms with E-state index < -0.39 is 0 Å². The molecular formula is C28H32N2O3. The molecule has 0 spiro atoms. The molecule has 0 N–H and O–H groups in total. The number of carbonyl (C=O) groups excluding carboxylic acids is 1. The number of pyridine rings is 1. The first-order valence-electron chi connectivity index (χ1n) is 11.5. The lowest BCUT2D eigenvalue weighted by Gasteiger charge is -2.36. The van der Waals surface area contributed by atoms with E-state index in [0.717, 1.165) is 42.4 Å². The number of benzene rings is 2. The Hall–Kier alpha value is -3.18. The molecule has 2 aliphatic rings. The van der Waals surface area contributed by atoms with Crippen LogP contribution in [0, 0.1) is 6.92 Å². The predicted molar refractivity (Wildman–Crippen MR) is 130 cm³/mol. The first-order valence-corrected chi connectivity index (χ1v) is 11.5. The van der Waals surface area contributed by atoms with Crippen LogP contribution in [0.1, 0.15) is 57.4 Å². The highest BCUT2D eigenvalue weighted by Gasteiger charge is 2.25. The van der Waals surface area contributed by atoms with Crippen LogP contribution in [0.3, 0.4) is 0 Å². The third kappa shape index (κ3) is 6.20. The molecule has 0 atom stereocenters. The van der Waals surface area contributed by atoms with Crippen LogP contribution in [0.5, 0.6) is 11.5 Å². The van der Waals surface area contributed by atoms with Crippen molar-refractivity contribution < 1.29 is 14.3 Å². The van der Waals surface area contributed by atoms with Crippen molar-refractivity contribution in [1.82, 2.24) is 9.88 Å². The Morgan fingerprint density at radius 2 is 1.70 bits per heavy atom. The van der Waals surface area contributed by atoms with Crippen LogP contribution >= 0.6 is 0 Å². The summed E-state index contributed by atoms with van der Waals surface area (Å²) in [7, 11) is 3.86. The van der Waals surface area contributed by atoms with Crippen molar-refractivity contribution in [2.24, 2.45) is 0 Å². The number of aldehydes is 1. The average molecular weight is 445 g/mol. The molecular weight excluding hydrogens is 412 g/mol. The van der Waals surface area contributed by atoms with E-state index in [9.17, 15) is 4.79 Å². The summed E-state index contributed by atoms with van der Waals surface area (Å²) >= 11 is 0. The number of hydrogen-bond donors (Lipinski definition) is 0. The second kappa shape index (κ2) is 10.6. The van der Waals surface area contributed by atoms with Crippen LogP contribution < -0.4 is 9.47 Å². The van der Waals surface area contributed by atoms with Gasteiger partial charge < -0.3 is 14.4 Å². The summed E-state index contributed by atoms with van der Waals surface area (Å²) in [5.74, 6) is 3.07. The van der Waals surface area contributed by atoms with E-state index in [1.165, 1.54) is 29.5 Å². The zero-order chi connectivity index (χ0) is 23.2. The minimum atomic E-state index is 0.495. The first-order chi connectivity index (χ1) is 16.1. The van der Waals surface area contributed by atoms with E-state index in [4.69, 9.17) is 9.47 Å². The van der Waals surface area contributed by atoms with Crippen LogP contribution in [0.4, 0.5) is 0 Å². The summed E-state index contributed by atoms with van der Waals surface area (Å²) in [6, 6.07) is 18.8. The average Bonchev–Trinajstić information content (AvgIpc) is 3.67. The standard InChI is InChI=1S/C21H25NO2.C7H7NO/c1-22-12-19(13-22)18-9-10-20(21(11-18)23-2)24-14-15-3-5-16(6-4-15)17-7-8-17;1-6-2-3-8-7(4-6)5-9/h3-6,9-11,17,19H,7-8,12-14H2,1-2H3;2-5H,1H3. The van der Waals surface area contributed by atoms with Crippen LogP contribution in [0.25, 0.3) is 0 Å². The summed E-state index contributed by atoms with van der Waals surface area (Å²) in [6.45, 7) is 4.74. The fraction of sp³-hybridized carbons (Fsp3) is 0.357. The van der Waals surface area contributed by atoms with Gasteiger partial charge in [0.1, 0.15) is 12.3 Å². The van der Waals surface area contributed by atoms with Gasteiger partial charge >= 0.3 is 0 Å². The molecule has 172 valence electrons. The van der Waals surface area contributed by atoms with Gasteiger partial charge in [0.25, 0.3) is 0 Å². The number of ether oxygens (including phenoxy) is 2. The number of rotatable bonds is 7. The molecule has 1 aliphatic carbocycles. The van der Waals surface area contributed by atoms with Gasteiger partial charge in [-0.05, 0) is 79.3 Å². The summed E-state index contributed by atoms with van der Waals surface area (Å²) in [5, 5.41) is 0. The smallest absolute Gasteiger partial charge is 0.168 e. The van der Waals surface area contributed by atoms with E-state index in [2.05, 4.69) is 53.3 Å². The number of likely N-dealkylation sites (N-methyl/N-ethyl adjacent to an activating group) is 1. The van der Waals surface area contributed by atoms with Crippen molar-refractivity contribution in [3.63, 3.8) is 0 Å². The van der Waals surface area contributed by atoms with Gasteiger partial charge in [-0.1, -0.05) is 30.3 Å². The van der Waals surface area contributed by atoms with Crippen molar-refractivity contribution in [3.05, 3.63) is 88.7 Å². The number of aryl methyl sites for hydroxylation is 1. The zero-order valence-corrected chi connectivity index (χ0v) is 19.7. The third-order valence-electron chi connectivity index (χ3n) is 6.20. The summed E-state index contributed by atoms with van der Waals surface area (Å²) < 4.78 is 11.5. The van der Waals surface area contributed by atoms with Crippen molar-refractivity contribution in [2.75, 3.05) is 27.2 Å². The maximum Gasteiger partial charge on any atom is 0.168 e. The Labute approximate surface area is 196 Å².